The number of amides is 2. The van der Waals surface area contributed by atoms with Crippen molar-refractivity contribution in [2.75, 3.05) is 26.3 Å². The fourth-order valence-electron chi connectivity index (χ4n) is 2.64. The van der Waals surface area contributed by atoms with E-state index in [2.05, 4.69) is 16.0 Å². The van der Waals surface area contributed by atoms with Crippen molar-refractivity contribution in [2.45, 2.75) is 19.0 Å². The third kappa shape index (κ3) is 4.07. The first-order chi connectivity index (χ1) is 11.2. The van der Waals surface area contributed by atoms with Gasteiger partial charge < -0.3 is 10.1 Å². The van der Waals surface area contributed by atoms with Crippen LogP contribution >= 0.6 is 0 Å². The number of nitrogens with one attached hydrogen (secondary N) is 3. The summed E-state index contributed by atoms with van der Waals surface area (Å²) in [6, 6.07) is 9.14. The molecular weight excluding hydrogens is 296 g/mol. The maximum atomic E-state index is 12.3. The molecule has 0 radical (unpaired) electrons. The Kier molecular flexibility index (Phi) is 4.87. The second-order valence-electron chi connectivity index (χ2n) is 5.60. The van der Waals surface area contributed by atoms with Gasteiger partial charge in [0, 0.05) is 6.54 Å². The Morgan fingerprint density at radius 1 is 1.26 bits per heavy atom. The lowest BCUT2D eigenvalue weighted by molar-refractivity contribution is -0.552. The molecule has 2 aliphatic rings. The van der Waals surface area contributed by atoms with Crippen molar-refractivity contribution in [2.24, 2.45) is 0 Å². The Labute approximate surface area is 134 Å². The Morgan fingerprint density at radius 2 is 2.00 bits per heavy atom. The normalized spacial score (nSPS) is 21.4. The van der Waals surface area contributed by atoms with Gasteiger partial charge in [0.25, 0.3) is 11.8 Å². The summed E-state index contributed by atoms with van der Waals surface area (Å²) in [7, 11) is 0. The highest BCUT2D eigenvalue weighted by Gasteiger charge is 2.35. The van der Waals surface area contributed by atoms with Gasteiger partial charge in [0.2, 0.25) is 0 Å². The summed E-state index contributed by atoms with van der Waals surface area (Å²) in [5, 5.41) is 8.81. The minimum Gasteiger partial charge on any atom is -0.375 e. The van der Waals surface area contributed by atoms with E-state index in [0.717, 1.165) is 5.56 Å². The smallest absolute Gasteiger partial charge is 0.353 e. The van der Waals surface area contributed by atoms with Crippen LogP contribution in [0.15, 0.2) is 30.3 Å². The van der Waals surface area contributed by atoms with Crippen LogP contribution < -0.4 is 16.0 Å². The molecule has 0 bridgehead atoms. The van der Waals surface area contributed by atoms with Crippen LogP contribution in [-0.4, -0.2) is 54.7 Å². The van der Waals surface area contributed by atoms with Crippen molar-refractivity contribution in [1.29, 1.82) is 0 Å². The maximum absolute atomic E-state index is 12.3. The highest BCUT2D eigenvalue weighted by atomic mass is 16.5. The van der Waals surface area contributed by atoms with Gasteiger partial charge in [-0.15, -0.1) is 0 Å². The molecule has 0 aromatic heterocycles. The Bertz CT molecular complexity index is 607. The fourth-order valence-corrected chi connectivity index (χ4v) is 2.64. The van der Waals surface area contributed by atoms with Crippen LogP contribution in [0.5, 0.6) is 0 Å². The van der Waals surface area contributed by atoms with E-state index in [-0.39, 0.29) is 18.2 Å². The van der Waals surface area contributed by atoms with Crippen molar-refractivity contribution < 1.29 is 18.9 Å². The van der Waals surface area contributed by atoms with Gasteiger partial charge in [-0.1, -0.05) is 30.3 Å². The molecule has 3 N–H and O–H groups in total. The van der Waals surface area contributed by atoms with Gasteiger partial charge in [0.15, 0.2) is 6.04 Å². The van der Waals surface area contributed by atoms with Crippen molar-refractivity contribution in [3.63, 3.8) is 0 Å². The third-order valence-electron chi connectivity index (χ3n) is 3.91. The molecule has 23 heavy (non-hydrogen) atoms. The summed E-state index contributed by atoms with van der Waals surface area (Å²) in [5.41, 5.74) is 1.03. The quantitative estimate of drug-likeness (QED) is 0.636. The van der Waals surface area contributed by atoms with Gasteiger partial charge in [0.1, 0.15) is 0 Å². The molecule has 2 fully saturated rings. The number of benzene rings is 1. The lowest BCUT2D eigenvalue weighted by Gasteiger charge is -2.24. The first kappa shape index (κ1) is 15.5. The van der Waals surface area contributed by atoms with E-state index in [9.17, 15) is 9.59 Å². The molecular formula is C16H21N4O3+. The fraction of sp³-hybridized carbons (Fsp3) is 0.438. The van der Waals surface area contributed by atoms with Crippen molar-refractivity contribution in [3.8, 4) is 0 Å². The molecule has 0 spiro atoms. The topological polar surface area (TPSA) is 82.5 Å². The Balaban J connectivity index is 1.62. The zero-order valence-corrected chi connectivity index (χ0v) is 12.9. The predicted octanol–water partition coefficient (Wildman–Crippen LogP) is -0.820. The second-order valence-corrected chi connectivity index (χ2v) is 5.60. The minimum atomic E-state index is -0.551. The number of hydrogen-bond donors (Lipinski definition) is 3. The van der Waals surface area contributed by atoms with E-state index in [1.807, 2.05) is 34.9 Å². The Hall–Kier alpha value is -2.41. The molecule has 3 rings (SSSR count). The molecule has 0 saturated carbocycles. The molecule has 0 aliphatic carbocycles. The lowest BCUT2D eigenvalue weighted by atomic mass is 10.1. The number of hydrogen-bond acceptors (Lipinski definition) is 3. The highest BCUT2D eigenvalue weighted by Crippen LogP contribution is 2.02. The number of nitrogens with zero attached hydrogens (tertiary/aromatic N) is 1. The molecule has 2 aliphatic heterocycles. The summed E-state index contributed by atoms with van der Waals surface area (Å²) in [6.45, 7) is 3.08. The van der Waals surface area contributed by atoms with Gasteiger partial charge in [-0.3, -0.25) is 19.5 Å². The minimum absolute atomic E-state index is 0.133. The van der Waals surface area contributed by atoms with E-state index in [1.165, 1.54) is 0 Å². The molecule has 2 amide bonds. The van der Waals surface area contributed by atoms with Crippen molar-refractivity contribution in [3.05, 3.63) is 35.9 Å². The largest absolute Gasteiger partial charge is 0.375 e. The van der Waals surface area contributed by atoms with E-state index in [4.69, 9.17) is 4.74 Å². The Morgan fingerprint density at radius 3 is 2.74 bits per heavy atom. The van der Waals surface area contributed by atoms with E-state index in [1.54, 1.807) is 0 Å². The number of carbonyl (C=O) groups excluding carboxylic acids is 2. The molecule has 1 aromatic rings. The summed E-state index contributed by atoms with van der Waals surface area (Å²) >= 11 is 0. The van der Waals surface area contributed by atoms with Gasteiger partial charge in [-0.25, -0.2) is 5.32 Å². The van der Waals surface area contributed by atoms with Gasteiger partial charge >= 0.3 is 5.96 Å². The van der Waals surface area contributed by atoms with Gasteiger partial charge in [-0.2, -0.15) is 0 Å². The van der Waals surface area contributed by atoms with Gasteiger partial charge in [-0.05, 0) is 5.56 Å². The summed E-state index contributed by atoms with van der Waals surface area (Å²) in [6.07, 6.45) is 0.133. The standard InChI is InChI=1S/C16H20N4O3/c21-14-10-13(15(22)17-11-12-4-2-1-3-5-12)18-16(19-14)20-6-8-23-9-7-20/h1-5,13H,6-11H2,(H2,17,18,19,21,22)/p+1/t13-/m1/s1. The molecule has 0 unspecified atom stereocenters. The second kappa shape index (κ2) is 7.23. The van der Waals surface area contributed by atoms with Crippen LogP contribution in [0.4, 0.5) is 0 Å². The number of guanidine groups is 1. The molecule has 1 atom stereocenters. The van der Waals surface area contributed by atoms with Crippen LogP contribution in [0.25, 0.3) is 0 Å². The predicted molar refractivity (Wildman–Crippen MR) is 83.8 cm³/mol. The average Bonchev–Trinajstić information content (AvgIpc) is 2.61. The SMILES string of the molecule is O=C1C[C@H](C(=O)NCc2ccccc2)NC(=[N+]2CCOCC2)N1. The van der Waals surface area contributed by atoms with Crippen molar-refractivity contribution in [1.82, 2.24) is 16.0 Å². The van der Waals surface area contributed by atoms with Crippen LogP contribution in [0.2, 0.25) is 0 Å². The molecule has 1 aromatic carbocycles. The monoisotopic (exact) mass is 317 g/mol. The van der Waals surface area contributed by atoms with Gasteiger partial charge in [0.05, 0.1) is 32.7 Å². The summed E-state index contributed by atoms with van der Waals surface area (Å²) in [4.78, 5) is 24.2. The first-order valence-electron chi connectivity index (χ1n) is 7.80. The highest BCUT2D eigenvalue weighted by molar-refractivity contribution is 6.02. The third-order valence-corrected chi connectivity index (χ3v) is 3.91. The van der Waals surface area contributed by atoms with E-state index in [0.29, 0.717) is 38.8 Å². The number of carbonyl (C=O) groups is 2. The number of rotatable bonds is 3. The zero-order valence-electron chi connectivity index (χ0n) is 12.9. The lowest BCUT2D eigenvalue weighted by Crippen LogP contribution is -2.61. The maximum Gasteiger partial charge on any atom is 0.353 e. The van der Waals surface area contributed by atoms with Crippen molar-refractivity contribution >= 4 is 17.8 Å². The van der Waals surface area contributed by atoms with Crippen LogP contribution in [0, 0.1) is 0 Å². The molecule has 2 heterocycles. The van der Waals surface area contributed by atoms with Crippen LogP contribution in [0.1, 0.15) is 12.0 Å². The molecule has 2 saturated heterocycles. The molecule has 7 nitrogen and oxygen atoms in total. The molecule has 7 heteroatoms. The average molecular weight is 317 g/mol. The first-order valence-corrected chi connectivity index (χ1v) is 7.80. The van der Waals surface area contributed by atoms with E-state index >= 15 is 0 Å². The number of ether oxygens (including phenoxy) is 1. The number of morpholine rings is 1. The molecule has 122 valence electrons. The van der Waals surface area contributed by atoms with Crippen LogP contribution in [0.3, 0.4) is 0 Å². The summed E-state index contributed by atoms with van der Waals surface area (Å²) in [5.74, 6) is 0.281. The van der Waals surface area contributed by atoms with Crippen LogP contribution in [-0.2, 0) is 20.9 Å². The van der Waals surface area contributed by atoms with E-state index < -0.39 is 6.04 Å². The zero-order chi connectivity index (χ0) is 16.1. The summed E-state index contributed by atoms with van der Waals surface area (Å²) < 4.78 is 7.30.